The standard InChI is InChI=1S/C23H26N2O3/c1-27-21-7-2-3-8-22(21)28-23-11-19-15-25(14-18(19)10-20(23)26)13-17-6-4-5-16(9-17)12-24/h2-9,18-20,23,26H,10-11,13-15H2,1H3/t18-,19+,20+,23+/m0/s1. The monoisotopic (exact) mass is 378 g/mol. The van der Waals surface area contributed by atoms with Crippen LogP contribution in [0, 0.1) is 23.2 Å². The molecule has 4 rings (SSSR count). The van der Waals surface area contributed by atoms with Gasteiger partial charge in [-0.15, -0.1) is 0 Å². The smallest absolute Gasteiger partial charge is 0.161 e. The van der Waals surface area contributed by atoms with Crippen LogP contribution in [0.25, 0.3) is 0 Å². The fourth-order valence-corrected chi connectivity index (χ4v) is 4.62. The van der Waals surface area contributed by atoms with Crippen LogP contribution >= 0.6 is 0 Å². The van der Waals surface area contributed by atoms with Crippen molar-refractivity contribution in [1.82, 2.24) is 4.90 Å². The van der Waals surface area contributed by atoms with Crippen LogP contribution in [-0.2, 0) is 6.54 Å². The highest BCUT2D eigenvalue weighted by molar-refractivity contribution is 5.39. The second-order valence-electron chi connectivity index (χ2n) is 7.87. The van der Waals surface area contributed by atoms with E-state index in [1.807, 2.05) is 42.5 Å². The molecule has 1 saturated carbocycles. The number of hydrogen-bond donors (Lipinski definition) is 1. The van der Waals surface area contributed by atoms with Gasteiger partial charge in [0.05, 0.1) is 24.8 Å². The number of nitrogens with zero attached hydrogens (tertiary/aromatic N) is 2. The SMILES string of the molecule is COc1ccccc1O[C@@H]1C[C@@H]2CN(Cc3cccc(C#N)c3)C[C@@H]2C[C@H]1O. The zero-order valence-corrected chi connectivity index (χ0v) is 16.1. The highest BCUT2D eigenvalue weighted by atomic mass is 16.5. The molecule has 1 aliphatic heterocycles. The van der Waals surface area contributed by atoms with E-state index in [1.165, 1.54) is 5.56 Å². The molecule has 2 aliphatic rings. The first-order chi connectivity index (χ1) is 13.7. The molecular formula is C23H26N2O3. The largest absolute Gasteiger partial charge is 0.493 e. The topological polar surface area (TPSA) is 65.7 Å². The number of benzene rings is 2. The van der Waals surface area contributed by atoms with Crippen LogP contribution in [0.15, 0.2) is 48.5 Å². The van der Waals surface area contributed by atoms with E-state index in [2.05, 4.69) is 17.0 Å². The number of rotatable bonds is 5. The Labute approximate surface area is 166 Å². The molecule has 2 fully saturated rings. The normalized spacial score (nSPS) is 27.0. The Morgan fingerprint density at radius 2 is 1.82 bits per heavy atom. The van der Waals surface area contributed by atoms with Crippen molar-refractivity contribution >= 4 is 0 Å². The van der Waals surface area contributed by atoms with Crippen LogP contribution in [-0.4, -0.2) is 42.4 Å². The first-order valence-corrected chi connectivity index (χ1v) is 9.85. The van der Waals surface area contributed by atoms with Crippen LogP contribution in [0.3, 0.4) is 0 Å². The number of ether oxygens (including phenoxy) is 2. The summed E-state index contributed by atoms with van der Waals surface area (Å²) in [5.41, 5.74) is 1.87. The number of aliphatic hydroxyl groups is 1. The summed E-state index contributed by atoms with van der Waals surface area (Å²) in [7, 11) is 1.63. The molecule has 0 amide bonds. The number of fused-ring (bicyclic) bond motifs is 1. The summed E-state index contributed by atoms with van der Waals surface area (Å²) in [4.78, 5) is 2.43. The molecular weight excluding hydrogens is 352 g/mol. The lowest BCUT2D eigenvalue weighted by Crippen LogP contribution is -2.42. The molecule has 0 spiro atoms. The maximum Gasteiger partial charge on any atom is 0.161 e. The molecule has 2 aromatic rings. The van der Waals surface area contributed by atoms with Crippen molar-refractivity contribution in [2.45, 2.75) is 31.6 Å². The van der Waals surface area contributed by atoms with Gasteiger partial charge in [-0.05, 0) is 54.5 Å². The van der Waals surface area contributed by atoms with E-state index in [9.17, 15) is 5.11 Å². The predicted molar refractivity (Wildman–Crippen MR) is 106 cm³/mol. The molecule has 0 bridgehead atoms. The third-order valence-corrected chi connectivity index (χ3v) is 5.97. The van der Waals surface area contributed by atoms with Crippen LogP contribution in [0.2, 0.25) is 0 Å². The summed E-state index contributed by atoms with van der Waals surface area (Å²) >= 11 is 0. The Hall–Kier alpha value is -2.55. The van der Waals surface area contributed by atoms with Gasteiger partial charge in [0.15, 0.2) is 11.5 Å². The minimum Gasteiger partial charge on any atom is -0.493 e. The maximum absolute atomic E-state index is 10.7. The van der Waals surface area contributed by atoms with Gasteiger partial charge in [0.1, 0.15) is 6.10 Å². The van der Waals surface area contributed by atoms with E-state index in [-0.39, 0.29) is 6.10 Å². The van der Waals surface area contributed by atoms with Gasteiger partial charge in [-0.25, -0.2) is 0 Å². The van der Waals surface area contributed by atoms with Crippen molar-refractivity contribution in [3.05, 3.63) is 59.7 Å². The van der Waals surface area contributed by atoms with Crippen molar-refractivity contribution in [2.24, 2.45) is 11.8 Å². The number of hydrogen-bond acceptors (Lipinski definition) is 5. The molecule has 0 unspecified atom stereocenters. The Bertz CT molecular complexity index is 863. The Kier molecular flexibility index (Phi) is 5.52. The third kappa shape index (κ3) is 3.99. The predicted octanol–water partition coefficient (Wildman–Crippen LogP) is 3.22. The summed E-state index contributed by atoms with van der Waals surface area (Å²) in [5, 5.41) is 19.8. The molecule has 5 heteroatoms. The lowest BCUT2D eigenvalue weighted by Gasteiger charge is -2.35. The molecule has 0 aromatic heterocycles. The number of para-hydroxylation sites is 2. The first kappa shape index (κ1) is 18.8. The van der Waals surface area contributed by atoms with Crippen molar-refractivity contribution < 1.29 is 14.6 Å². The fraction of sp³-hybridized carbons (Fsp3) is 0.435. The number of nitriles is 1. The van der Waals surface area contributed by atoms with Crippen molar-refractivity contribution in [2.75, 3.05) is 20.2 Å². The highest BCUT2D eigenvalue weighted by Crippen LogP contribution is 2.39. The molecule has 146 valence electrons. The minimum atomic E-state index is -0.465. The van der Waals surface area contributed by atoms with Crippen molar-refractivity contribution in [1.29, 1.82) is 5.26 Å². The van der Waals surface area contributed by atoms with Crippen LogP contribution in [0.1, 0.15) is 24.0 Å². The molecule has 4 atom stereocenters. The van der Waals surface area contributed by atoms with Gasteiger partial charge in [-0.1, -0.05) is 24.3 Å². The van der Waals surface area contributed by atoms with Crippen LogP contribution < -0.4 is 9.47 Å². The van der Waals surface area contributed by atoms with E-state index in [0.29, 0.717) is 28.9 Å². The summed E-state index contributed by atoms with van der Waals surface area (Å²) in [5.74, 6) is 2.40. The zero-order valence-electron chi connectivity index (χ0n) is 16.1. The summed E-state index contributed by atoms with van der Waals surface area (Å²) < 4.78 is 11.5. The van der Waals surface area contributed by atoms with Gasteiger partial charge in [-0.3, -0.25) is 4.90 Å². The van der Waals surface area contributed by atoms with Gasteiger partial charge in [0, 0.05) is 19.6 Å². The van der Waals surface area contributed by atoms with Gasteiger partial charge < -0.3 is 14.6 Å². The summed E-state index contributed by atoms with van der Waals surface area (Å²) in [6, 6.07) is 17.6. The van der Waals surface area contributed by atoms with E-state index in [1.54, 1.807) is 7.11 Å². The molecule has 0 radical (unpaired) electrons. The van der Waals surface area contributed by atoms with E-state index in [0.717, 1.165) is 32.5 Å². The third-order valence-electron chi connectivity index (χ3n) is 5.97. The molecule has 5 nitrogen and oxygen atoms in total. The lowest BCUT2D eigenvalue weighted by atomic mass is 9.78. The van der Waals surface area contributed by atoms with E-state index >= 15 is 0 Å². The van der Waals surface area contributed by atoms with Crippen LogP contribution in [0.5, 0.6) is 11.5 Å². The molecule has 1 saturated heterocycles. The molecule has 1 N–H and O–H groups in total. The number of likely N-dealkylation sites (tertiary alicyclic amines) is 1. The van der Waals surface area contributed by atoms with Gasteiger partial charge in [0.25, 0.3) is 0 Å². The highest BCUT2D eigenvalue weighted by Gasteiger charge is 2.42. The maximum atomic E-state index is 10.7. The molecule has 28 heavy (non-hydrogen) atoms. The van der Waals surface area contributed by atoms with Gasteiger partial charge in [-0.2, -0.15) is 5.26 Å². The second-order valence-corrected chi connectivity index (χ2v) is 7.87. The quantitative estimate of drug-likeness (QED) is 0.865. The molecule has 1 aliphatic carbocycles. The van der Waals surface area contributed by atoms with E-state index in [4.69, 9.17) is 14.7 Å². The summed E-state index contributed by atoms with van der Waals surface area (Å²) in [6.07, 6.45) is 0.935. The zero-order chi connectivity index (χ0) is 19.5. The van der Waals surface area contributed by atoms with Crippen molar-refractivity contribution in [3.8, 4) is 17.6 Å². The minimum absolute atomic E-state index is 0.209. The lowest BCUT2D eigenvalue weighted by molar-refractivity contribution is -0.0240. The van der Waals surface area contributed by atoms with E-state index < -0.39 is 6.10 Å². The first-order valence-electron chi connectivity index (χ1n) is 9.85. The Balaban J connectivity index is 1.40. The van der Waals surface area contributed by atoms with Crippen LogP contribution in [0.4, 0.5) is 0 Å². The average Bonchev–Trinajstić information content (AvgIpc) is 3.09. The number of methoxy groups -OCH3 is 1. The fourth-order valence-electron chi connectivity index (χ4n) is 4.62. The van der Waals surface area contributed by atoms with Crippen molar-refractivity contribution in [3.63, 3.8) is 0 Å². The molecule has 1 heterocycles. The molecule has 2 aromatic carbocycles. The second kappa shape index (κ2) is 8.22. The van der Waals surface area contributed by atoms with Gasteiger partial charge in [0.2, 0.25) is 0 Å². The Morgan fingerprint density at radius 1 is 1.07 bits per heavy atom. The number of aliphatic hydroxyl groups excluding tert-OH is 1. The average molecular weight is 378 g/mol. The van der Waals surface area contributed by atoms with Gasteiger partial charge >= 0.3 is 0 Å². The Morgan fingerprint density at radius 3 is 2.57 bits per heavy atom. The summed E-state index contributed by atoms with van der Waals surface area (Å²) in [6.45, 7) is 2.83.